The Balaban J connectivity index is 2.18. The molecule has 0 saturated carbocycles. The van der Waals surface area contributed by atoms with Crippen molar-refractivity contribution in [2.24, 2.45) is 11.7 Å². The first-order valence-electron chi connectivity index (χ1n) is 6.22. The maximum absolute atomic E-state index is 5.77. The molecule has 0 aromatic carbocycles. The van der Waals surface area contributed by atoms with Crippen molar-refractivity contribution in [3.63, 3.8) is 0 Å². The average molecular weight is 235 g/mol. The second-order valence-electron chi connectivity index (χ2n) is 4.72. The molecule has 0 aliphatic carbocycles. The summed E-state index contributed by atoms with van der Waals surface area (Å²) in [6, 6.07) is 6.42. The van der Waals surface area contributed by atoms with Gasteiger partial charge in [0.15, 0.2) is 0 Å². The van der Waals surface area contributed by atoms with Gasteiger partial charge in [-0.25, -0.2) is 0 Å². The standard InChI is InChI=1S/C13H21N3O/c1-10-6-7-11(8-14)9-16(10)12-4-3-5-13(15-12)17-2/h3-5,10-11H,6-9,14H2,1-2H3. The highest BCUT2D eigenvalue weighted by molar-refractivity contribution is 5.42. The lowest BCUT2D eigenvalue weighted by Gasteiger charge is -2.38. The van der Waals surface area contributed by atoms with Crippen molar-refractivity contribution in [2.45, 2.75) is 25.8 Å². The third-order valence-corrected chi connectivity index (χ3v) is 3.53. The van der Waals surface area contributed by atoms with Crippen molar-refractivity contribution in [2.75, 3.05) is 25.1 Å². The van der Waals surface area contributed by atoms with Crippen molar-refractivity contribution in [3.05, 3.63) is 18.2 Å². The molecule has 0 spiro atoms. The minimum atomic E-state index is 0.525. The number of nitrogens with two attached hydrogens (primary N) is 1. The lowest BCUT2D eigenvalue weighted by Crippen LogP contribution is -2.44. The SMILES string of the molecule is COc1cccc(N2CC(CN)CCC2C)n1. The molecule has 0 amide bonds. The fourth-order valence-electron chi connectivity index (χ4n) is 2.37. The van der Waals surface area contributed by atoms with Gasteiger partial charge in [-0.1, -0.05) is 6.07 Å². The first-order valence-corrected chi connectivity index (χ1v) is 6.22. The second kappa shape index (κ2) is 5.36. The zero-order valence-electron chi connectivity index (χ0n) is 10.6. The highest BCUT2D eigenvalue weighted by Gasteiger charge is 2.25. The first-order chi connectivity index (χ1) is 8.24. The minimum Gasteiger partial charge on any atom is -0.481 e. The number of ether oxygens (including phenoxy) is 1. The Morgan fingerprint density at radius 1 is 1.47 bits per heavy atom. The Morgan fingerprint density at radius 2 is 2.29 bits per heavy atom. The fourth-order valence-corrected chi connectivity index (χ4v) is 2.37. The van der Waals surface area contributed by atoms with Crippen LogP contribution in [0.3, 0.4) is 0 Å². The van der Waals surface area contributed by atoms with Gasteiger partial charge in [0.25, 0.3) is 0 Å². The molecule has 0 bridgehead atoms. The van der Waals surface area contributed by atoms with E-state index in [0.29, 0.717) is 17.8 Å². The molecule has 1 fully saturated rings. The predicted molar refractivity (Wildman–Crippen MR) is 69.4 cm³/mol. The topological polar surface area (TPSA) is 51.4 Å². The van der Waals surface area contributed by atoms with Gasteiger partial charge >= 0.3 is 0 Å². The van der Waals surface area contributed by atoms with Crippen molar-refractivity contribution in [3.8, 4) is 5.88 Å². The Kier molecular flexibility index (Phi) is 3.84. The van der Waals surface area contributed by atoms with Gasteiger partial charge in [0.05, 0.1) is 7.11 Å². The highest BCUT2D eigenvalue weighted by Crippen LogP contribution is 2.26. The van der Waals surface area contributed by atoms with Gasteiger partial charge in [0.2, 0.25) is 5.88 Å². The summed E-state index contributed by atoms with van der Waals surface area (Å²) in [5.74, 6) is 2.25. The van der Waals surface area contributed by atoms with E-state index in [9.17, 15) is 0 Å². The van der Waals surface area contributed by atoms with Crippen LogP contribution in [0.5, 0.6) is 5.88 Å². The molecular weight excluding hydrogens is 214 g/mol. The van der Waals surface area contributed by atoms with Gasteiger partial charge in [0.1, 0.15) is 5.82 Å². The van der Waals surface area contributed by atoms with Gasteiger partial charge in [-0.2, -0.15) is 4.98 Å². The predicted octanol–water partition coefficient (Wildman–Crippen LogP) is 1.65. The van der Waals surface area contributed by atoms with Crippen LogP contribution < -0.4 is 15.4 Å². The van der Waals surface area contributed by atoms with Gasteiger partial charge in [-0.15, -0.1) is 0 Å². The van der Waals surface area contributed by atoms with Crippen molar-refractivity contribution < 1.29 is 4.74 Å². The summed E-state index contributed by atoms with van der Waals surface area (Å²) in [4.78, 5) is 6.83. The van der Waals surface area contributed by atoms with Crippen LogP contribution >= 0.6 is 0 Å². The van der Waals surface area contributed by atoms with E-state index >= 15 is 0 Å². The molecule has 0 radical (unpaired) electrons. The summed E-state index contributed by atoms with van der Waals surface area (Å²) in [7, 11) is 1.65. The Bertz CT molecular complexity index is 369. The van der Waals surface area contributed by atoms with Crippen LogP contribution in [-0.4, -0.2) is 31.2 Å². The molecule has 2 atom stereocenters. The number of nitrogens with zero attached hydrogens (tertiary/aromatic N) is 2. The second-order valence-corrected chi connectivity index (χ2v) is 4.72. The van der Waals surface area contributed by atoms with Crippen LogP contribution in [-0.2, 0) is 0 Å². The van der Waals surface area contributed by atoms with Gasteiger partial charge in [-0.3, -0.25) is 0 Å². The molecule has 17 heavy (non-hydrogen) atoms. The summed E-state index contributed by atoms with van der Waals surface area (Å²) in [5.41, 5.74) is 5.77. The summed E-state index contributed by atoms with van der Waals surface area (Å²) in [6.07, 6.45) is 2.40. The van der Waals surface area contributed by atoms with E-state index in [1.807, 2.05) is 18.2 Å². The molecule has 94 valence electrons. The number of piperidine rings is 1. The molecular formula is C13H21N3O. The fraction of sp³-hybridized carbons (Fsp3) is 0.615. The Morgan fingerprint density at radius 3 is 3.00 bits per heavy atom. The molecule has 1 saturated heterocycles. The van der Waals surface area contributed by atoms with Crippen LogP contribution in [0.1, 0.15) is 19.8 Å². The third-order valence-electron chi connectivity index (χ3n) is 3.53. The number of aromatic nitrogens is 1. The largest absolute Gasteiger partial charge is 0.481 e. The molecule has 4 heteroatoms. The molecule has 2 heterocycles. The van der Waals surface area contributed by atoms with Crippen molar-refractivity contribution in [1.82, 2.24) is 4.98 Å². The smallest absolute Gasteiger partial charge is 0.214 e. The molecule has 2 unspecified atom stereocenters. The van der Waals surface area contributed by atoms with E-state index in [2.05, 4.69) is 16.8 Å². The molecule has 2 N–H and O–H groups in total. The summed E-state index contributed by atoms with van der Waals surface area (Å²) < 4.78 is 5.17. The number of hydrogen-bond acceptors (Lipinski definition) is 4. The molecule has 1 aliphatic heterocycles. The normalized spacial score (nSPS) is 24.8. The summed E-state index contributed by atoms with van der Waals surface area (Å²) >= 11 is 0. The summed E-state index contributed by atoms with van der Waals surface area (Å²) in [5, 5.41) is 0. The zero-order valence-corrected chi connectivity index (χ0v) is 10.6. The van der Waals surface area contributed by atoms with Gasteiger partial charge in [0, 0.05) is 18.7 Å². The maximum Gasteiger partial charge on any atom is 0.214 e. The first kappa shape index (κ1) is 12.2. The van der Waals surface area contributed by atoms with E-state index in [4.69, 9.17) is 10.5 Å². The van der Waals surface area contributed by atoms with Crippen LogP contribution in [0.2, 0.25) is 0 Å². The Labute approximate surface area is 103 Å². The van der Waals surface area contributed by atoms with E-state index in [-0.39, 0.29) is 0 Å². The zero-order chi connectivity index (χ0) is 12.3. The Hall–Kier alpha value is -1.29. The minimum absolute atomic E-state index is 0.525. The highest BCUT2D eigenvalue weighted by atomic mass is 16.5. The van der Waals surface area contributed by atoms with Crippen LogP contribution in [0, 0.1) is 5.92 Å². The molecule has 2 rings (SSSR count). The van der Waals surface area contributed by atoms with Crippen LogP contribution in [0.15, 0.2) is 18.2 Å². The number of pyridine rings is 1. The number of methoxy groups -OCH3 is 1. The summed E-state index contributed by atoms with van der Waals surface area (Å²) in [6.45, 7) is 4.00. The lowest BCUT2D eigenvalue weighted by molar-refractivity contribution is 0.367. The maximum atomic E-state index is 5.77. The quantitative estimate of drug-likeness (QED) is 0.865. The average Bonchev–Trinajstić information content (AvgIpc) is 2.39. The third kappa shape index (κ3) is 2.69. The van der Waals surface area contributed by atoms with Crippen molar-refractivity contribution in [1.29, 1.82) is 0 Å². The van der Waals surface area contributed by atoms with Crippen molar-refractivity contribution >= 4 is 5.82 Å². The van der Waals surface area contributed by atoms with Gasteiger partial charge < -0.3 is 15.4 Å². The van der Waals surface area contributed by atoms with E-state index < -0.39 is 0 Å². The molecule has 4 nitrogen and oxygen atoms in total. The number of rotatable bonds is 3. The van der Waals surface area contributed by atoms with E-state index in [1.54, 1.807) is 7.11 Å². The molecule has 1 aromatic rings. The van der Waals surface area contributed by atoms with E-state index in [0.717, 1.165) is 18.9 Å². The number of anilines is 1. The van der Waals surface area contributed by atoms with Crippen LogP contribution in [0.4, 0.5) is 5.82 Å². The number of hydrogen-bond donors (Lipinski definition) is 1. The van der Waals surface area contributed by atoms with Gasteiger partial charge in [-0.05, 0) is 38.3 Å². The molecule has 1 aliphatic rings. The lowest BCUT2D eigenvalue weighted by atomic mass is 9.93. The molecule has 1 aromatic heterocycles. The monoisotopic (exact) mass is 235 g/mol. The van der Waals surface area contributed by atoms with E-state index in [1.165, 1.54) is 12.8 Å². The van der Waals surface area contributed by atoms with Crippen LogP contribution in [0.25, 0.3) is 0 Å².